The molecule has 1 N–H and O–H groups in total. The molecule has 0 saturated heterocycles. The Kier molecular flexibility index (Phi) is 6.82. The Bertz CT molecular complexity index is 423. The van der Waals surface area contributed by atoms with Crippen molar-refractivity contribution in [2.75, 3.05) is 27.3 Å². The van der Waals surface area contributed by atoms with Gasteiger partial charge in [0.15, 0.2) is 11.5 Å². The van der Waals surface area contributed by atoms with Gasteiger partial charge in [-0.1, -0.05) is 13.8 Å². The fourth-order valence-electron chi connectivity index (χ4n) is 2.12. The number of rotatable bonds is 9. The van der Waals surface area contributed by atoms with Crippen LogP contribution in [-0.2, 0) is 0 Å². The molecule has 21 heavy (non-hydrogen) atoms. The van der Waals surface area contributed by atoms with Gasteiger partial charge in [0.25, 0.3) is 0 Å². The predicted molar refractivity (Wildman–Crippen MR) is 86.8 cm³/mol. The van der Waals surface area contributed by atoms with Crippen molar-refractivity contribution in [1.29, 1.82) is 0 Å². The lowest BCUT2D eigenvalue weighted by Gasteiger charge is -2.31. The van der Waals surface area contributed by atoms with Crippen molar-refractivity contribution < 1.29 is 14.2 Å². The van der Waals surface area contributed by atoms with E-state index in [0.717, 1.165) is 31.5 Å². The maximum Gasteiger partial charge on any atom is 0.204 e. The molecule has 0 fully saturated rings. The quantitative estimate of drug-likeness (QED) is 0.707. The molecule has 0 spiro atoms. The third-order valence-corrected chi connectivity index (χ3v) is 3.63. The maximum atomic E-state index is 6.28. The Morgan fingerprint density at radius 3 is 2.10 bits per heavy atom. The average molecular weight is 295 g/mol. The highest BCUT2D eigenvalue weighted by atomic mass is 16.5. The Hall–Kier alpha value is -1.42. The number of aryl methyl sites for hydroxylation is 1. The summed E-state index contributed by atoms with van der Waals surface area (Å²) in [5.74, 6) is 2.09. The first-order valence-electron chi connectivity index (χ1n) is 7.62. The van der Waals surface area contributed by atoms with Crippen molar-refractivity contribution in [3.63, 3.8) is 0 Å². The highest BCUT2D eigenvalue weighted by molar-refractivity contribution is 5.53. The molecule has 1 aromatic carbocycles. The molecular formula is C17H29NO3. The van der Waals surface area contributed by atoms with Gasteiger partial charge in [0, 0.05) is 6.54 Å². The van der Waals surface area contributed by atoms with Crippen molar-refractivity contribution in [3.05, 3.63) is 17.7 Å². The summed E-state index contributed by atoms with van der Waals surface area (Å²) < 4.78 is 17.2. The number of ether oxygens (including phenoxy) is 3. The van der Waals surface area contributed by atoms with Crippen LogP contribution in [-0.4, -0.2) is 32.9 Å². The fourth-order valence-corrected chi connectivity index (χ4v) is 2.12. The number of methoxy groups -OCH3 is 2. The van der Waals surface area contributed by atoms with Crippen LogP contribution in [0.15, 0.2) is 12.1 Å². The zero-order valence-electron chi connectivity index (χ0n) is 14.2. The Morgan fingerprint density at radius 1 is 1.10 bits per heavy atom. The summed E-state index contributed by atoms with van der Waals surface area (Å²) in [6, 6.07) is 3.93. The van der Waals surface area contributed by atoms with Crippen molar-refractivity contribution in [3.8, 4) is 17.2 Å². The van der Waals surface area contributed by atoms with Crippen molar-refractivity contribution in [2.45, 2.75) is 46.1 Å². The third kappa shape index (κ3) is 4.81. The molecular weight excluding hydrogens is 266 g/mol. The van der Waals surface area contributed by atoms with Gasteiger partial charge in [-0.15, -0.1) is 0 Å². The molecule has 1 aromatic rings. The summed E-state index contributed by atoms with van der Waals surface area (Å²) in [6.45, 7) is 10.2. The van der Waals surface area contributed by atoms with Crippen LogP contribution in [0.3, 0.4) is 0 Å². The minimum absolute atomic E-state index is 0.301. The first-order valence-corrected chi connectivity index (χ1v) is 7.62. The first kappa shape index (κ1) is 17.6. The second-order valence-electron chi connectivity index (χ2n) is 5.58. The molecule has 0 aliphatic heterocycles. The summed E-state index contributed by atoms with van der Waals surface area (Å²) in [6.07, 6.45) is 2.00. The van der Waals surface area contributed by atoms with Gasteiger partial charge in [-0.3, -0.25) is 0 Å². The second kappa shape index (κ2) is 8.13. The first-order chi connectivity index (χ1) is 9.99. The molecule has 1 unspecified atom stereocenters. The summed E-state index contributed by atoms with van der Waals surface area (Å²) in [7, 11) is 3.30. The van der Waals surface area contributed by atoms with Gasteiger partial charge in [0.2, 0.25) is 5.75 Å². The zero-order chi connectivity index (χ0) is 15.9. The molecule has 0 amide bonds. The van der Waals surface area contributed by atoms with Gasteiger partial charge in [-0.25, -0.2) is 0 Å². The maximum absolute atomic E-state index is 6.28. The zero-order valence-corrected chi connectivity index (χ0v) is 14.2. The van der Waals surface area contributed by atoms with Gasteiger partial charge in [-0.2, -0.15) is 0 Å². The van der Waals surface area contributed by atoms with E-state index in [1.807, 2.05) is 19.1 Å². The van der Waals surface area contributed by atoms with E-state index in [2.05, 4.69) is 26.1 Å². The Balaban J connectivity index is 3.02. The van der Waals surface area contributed by atoms with Gasteiger partial charge < -0.3 is 19.5 Å². The summed E-state index contributed by atoms with van der Waals surface area (Å²) in [5.41, 5.74) is 0.781. The van der Waals surface area contributed by atoms with Crippen molar-refractivity contribution in [1.82, 2.24) is 5.32 Å². The lowest BCUT2D eigenvalue weighted by Crippen LogP contribution is -2.43. The van der Waals surface area contributed by atoms with Gasteiger partial charge in [0.1, 0.15) is 5.60 Å². The molecule has 1 atom stereocenters. The van der Waals surface area contributed by atoms with Gasteiger partial charge in [-0.05, 0) is 50.9 Å². The van der Waals surface area contributed by atoms with E-state index in [1.165, 1.54) is 0 Å². The highest BCUT2D eigenvalue weighted by Crippen LogP contribution is 2.40. The third-order valence-electron chi connectivity index (χ3n) is 3.63. The van der Waals surface area contributed by atoms with Crippen LogP contribution in [0.2, 0.25) is 0 Å². The normalized spacial score (nSPS) is 13.6. The molecule has 0 radical (unpaired) electrons. The fraction of sp³-hybridized carbons (Fsp3) is 0.647. The highest BCUT2D eigenvalue weighted by Gasteiger charge is 2.27. The minimum Gasteiger partial charge on any atom is -0.493 e. The standard InChI is InChI=1S/C17H29NO3/c1-7-9-18-12-17(4,8-2)21-16-14(19-5)10-13(3)11-15(16)20-6/h10-11,18H,7-9,12H2,1-6H3. The number of hydrogen-bond acceptors (Lipinski definition) is 4. The molecule has 4 nitrogen and oxygen atoms in total. The molecule has 0 heterocycles. The van der Waals surface area contributed by atoms with E-state index in [1.54, 1.807) is 14.2 Å². The smallest absolute Gasteiger partial charge is 0.204 e. The van der Waals surface area contributed by atoms with Crippen LogP contribution < -0.4 is 19.5 Å². The lowest BCUT2D eigenvalue weighted by molar-refractivity contribution is 0.0763. The molecule has 1 rings (SSSR count). The molecule has 120 valence electrons. The van der Waals surface area contributed by atoms with E-state index in [4.69, 9.17) is 14.2 Å². The van der Waals surface area contributed by atoms with Crippen LogP contribution in [0.5, 0.6) is 17.2 Å². The number of nitrogens with one attached hydrogen (secondary N) is 1. The summed E-state index contributed by atoms with van der Waals surface area (Å²) in [5, 5.41) is 3.43. The Labute approximate surface area is 128 Å². The molecule has 0 bridgehead atoms. The van der Waals surface area contributed by atoms with Gasteiger partial charge in [0.05, 0.1) is 14.2 Å². The van der Waals surface area contributed by atoms with E-state index in [9.17, 15) is 0 Å². The average Bonchev–Trinajstić information content (AvgIpc) is 2.48. The largest absolute Gasteiger partial charge is 0.493 e. The molecule has 0 saturated carbocycles. The lowest BCUT2D eigenvalue weighted by atomic mass is 10.0. The van der Waals surface area contributed by atoms with E-state index in [-0.39, 0.29) is 5.60 Å². The van der Waals surface area contributed by atoms with E-state index < -0.39 is 0 Å². The van der Waals surface area contributed by atoms with Crippen LogP contribution >= 0.6 is 0 Å². The summed E-state index contributed by atoms with van der Waals surface area (Å²) in [4.78, 5) is 0. The van der Waals surface area contributed by atoms with E-state index >= 15 is 0 Å². The van der Waals surface area contributed by atoms with Gasteiger partial charge >= 0.3 is 0 Å². The summed E-state index contributed by atoms with van der Waals surface area (Å²) >= 11 is 0. The van der Waals surface area contributed by atoms with Crippen LogP contribution in [0, 0.1) is 6.92 Å². The molecule has 0 aromatic heterocycles. The van der Waals surface area contributed by atoms with Crippen molar-refractivity contribution >= 4 is 0 Å². The number of benzene rings is 1. The van der Waals surface area contributed by atoms with Crippen molar-refractivity contribution in [2.24, 2.45) is 0 Å². The van der Waals surface area contributed by atoms with Crippen LogP contribution in [0.25, 0.3) is 0 Å². The Morgan fingerprint density at radius 2 is 1.67 bits per heavy atom. The van der Waals surface area contributed by atoms with Crippen LogP contribution in [0.1, 0.15) is 39.2 Å². The molecule has 0 aliphatic carbocycles. The predicted octanol–water partition coefficient (Wildman–Crippen LogP) is 3.56. The minimum atomic E-state index is -0.301. The van der Waals surface area contributed by atoms with Crippen LogP contribution in [0.4, 0.5) is 0 Å². The molecule has 0 aliphatic rings. The molecule has 4 heteroatoms. The SMILES string of the molecule is CCCNCC(C)(CC)Oc1c(OC)cc(C)cc1OC. The topological polar surface area (TPSA) is 39.7 Å². The number of hydrogen-bond donors (Lipinski definition) is 1. The monoisotopic (exact) mass is 295 g/mol. The van der Waals surface area contributed by atoms with E-state index in [0.29, 0.717) is 17.2 Å². The second-order valence-corrected chi connectivity index (χ2v) is 5.58.